The summed E-state index contributed by atoms with van der Waals surface area (Å²) in [5.74, 6) is -0.355. The molecule has 0 bridgehead atoms. The van der Waals surface area contributed by atoms with Crippen molar-refractivity contribution < 1.29 is 19.1 Å². The molecular formula is C26H28N4O5. The predicted octanol–water partition coefficient (Wildman–Crippen LogP) is 2.60. The Balaban J connectivity index is 1.44. The molecule has 0 aliphatic carbocycles. The van der Waals surface area contributed by atoms with E-state index in [0.29, 0.717) is 28.7 Å². The third kappa shape index (κ3) is 5.92. The normalized spacial score (nSPS) is 13.3. The summed E-state index contributed by atoms with van der Waals surface area (Å²) < 4.78 is 6.27. The van der Waals surface area contributed by atoms with E-state index in [2.05, 4.69) is 15.4 Å². The fourth-order valence-electron chi connectivity index (χ4n) is 4.14. The first-order valence-electron chi connectivity index (χ1n) is 11.7. The number of methoxy groups -OCH3 is 1. The summed E-state index contributed by atoms with van der Waals surface area (Å²) in [5, 5.41) is 5.83. The number of amides is 2. The maximum atomic E-state index is 13.0. The fraction of sp³-hybridized carbons (Fsp3) is 0.346. The molecule has 0 atom stereocenters. The average molecular weight is 477 g/mol. The summed E-state index contributed by atoms with van der Waals surface area (Å²) in [6, 6.07) is 11.8. The molecule has 0 radical (unpaired) electrons. The Morgan fingerprint density at radius 2 is 1.80 bits per heavy atom. The first kappa shape index (κ1) is 24.1. The number of ether oxygens (including phenoxy) is 1. The number of hydrogen-bond acceptors (Lipinski definition) is 6. The van der Waals surface area contributed by atoms with Gasteiger partial charge in [-0.3, -0.25) is 23.7 Å². The topological polar surface area (TPSA) is 119 Å². The lowest BCUT2D eigenvalue weighted by molar-refractivity contribution is -0.141. The third-order valence-corrected chi connectivity index (χ3v) is 6.06. The van der Waals surface area contributed by atoms with E-state index >= 15 is 0 Å². The van der Waals surface area contributed by atoms with Gasteiger partial charge in [-0.15, -0.1) is 0 Å². The van der Waals surface area contributed by atoms with E-state index in [0.717, 1.165) is 43.5 Å². The molecule has 9 nitrogen and oxygen atoms in total. The molecule has 35 heavy (non-hydrogen) atoms. The molecule has 9 heteroatoms. The quantitative estimate of drug-likeness (QED) is 0.528. The zero-order valence-corrected chi connectivity index (χ0v) is 19.6. The zero-order chi connectivity index (χ0) is 24.8. The number of carbonyl (C=O) groups is 3. The number of aromatic nitrogens is 2. The molecule has 0 spiro atoms. The van der Waals surface area contributed by atoms with E-state index < -0.39 is 5.97 Å². The molecule has 1 aliphatic rings. The van der Waals surface area contributed by atoms with Crippen LogP contribution in [0, 0.1) is 0 Å². The van der Waals surface area contributed by atoms with Crippen LogP contribution in [0.1, 0.15) is 47.4 Å². The van der Waals surface area contributed by atoms with E-state index in [1.807, 2.05) is 0 Å². The summed E-state index contributed by atoms with van der Waals surface area (Å²) >= 11 is 0. The molecular weight excluding hydrogens is 448 g/mol. The van der Waals surface area contributed by atoms with Crippen LogP contribution < -0.4 is 16.2 Å². The molecule has 1 aromatic heterocycles. The summed E-state index contributed by atoms with van der Waals surface area (Å²) in [7, 11) is 1.26. The van der Waals surface area contributed by atoms with Crippen molar-refractivity contribution in [3.63, 3.8) is 0 Å². The van der Waals surface area contributed by atoms with Crippen molar-refractivity contribution in [3.05, 3.63) is 69.8 Å². The van der Waals surface area contributed by atoms with Crippen molar-refractivity contribution in [3.8, 4) is 0 Å². The van der Waals surface area contributed by atoms with Crippen LogP contribution in [-0.2, 0) is 33.7 Å². The summed E-state index contributed by atoms with van der Waals surface area (Å²) in [5.41, 5.74) is 2.19. The van der Waals surface area contributed by atoms with E-state index in [-0.39, 0.29) is 30.3 Å². The zero-order valence-electron chi connectivity index (χ0n) is 19.6. The Labute approximate surface area is 202 Å². The number of hydrogen-bond donors (Lipinski definition) is 2. The number of fused-ring (bicyclic) bond motifs is 2. The minimum Gasteiger partial charge on any atom is -0.468 e. The highest BCUT2D eigenvalue weighted by molar-refractivity contribution is 6.06. The first-order valence-corrected chi connectivity index (χ1v) is 11.7. The number of aryl methyl sites for hydroxylation is 1. The fourth-order valence-corrected chi connectivity index (χ4v) is 4.14. The van der Waals surface area contributed by atoms with Gasteiger partial charge in [0, 0.05) is 24.2 Å². The van der Waals surface area contributed by atoms with Crippen molar-refractivity contribution in [2.45, 2.75) is 45.1 Å². The van der Waals surface area contributed by atoms with Crippen LogP contribution in [-0.4, -0.2) is 41.0 Å². The van der Waals surface area contributed by atoms with Gasteiger partial charge >= 0.3 is 5.97 Å². The van der Waals surface area contributed by atoms with Crippen LogP contribution >= 0.6 is 0 Å². The monoisotopic (exact) mass is 476 g/mol. The highest BCUT2D eigenvalue weighted by atomic mass is 16.5. The molecule has 2 N–H and O–H groups in total. The van der Waals surface area contributed by atoms with Gasteiger partial charge in [0.2, 0.25) is 5.91 Å². The predicted molar refractivity (Wildman–Crippen MR) is 131 cm³/mol. The highest BCUT2D eigenvalue weighted by Gasteiger charge is 2.15. The van der Waals surface area contributed by atoms with Gasteiger partial charge in [-0.1, -0.05) is 25.0 Å². The van der Waals surface area contributed by atoms with Crippen molar-refractivity contribution in [2.75, 3.05) is 19.0 Å². The molecule has 0 saturated heterocycles. The Kier molecular flexibility index (Phi) is 7.54. The Hall–Kier alpha value is -4.01. The van der Waals surface area contributed by atoms with Crippen LogP contribution in [0.5, 0.6) is 0 Å². The van der Waals surface area contributed by atoms with Crippen molar-refractivity contribution in [1.82, 2.24) is 14.9 Å². The lowest BCUT2D eigenvalue weighted by Gasteiger charge is -2.16. The van der Waals surface area contributed by atoms with Gasteiger partial charge in [0.15, 0.2) is 0 Å². The van der Waals surface area contributed by atoms with Crippen molar-refractivity contribution in [2.24, 2.45) is 0 Å². The molecule has 2 amide bonds. The Bertz CT molecular complexity index is 1310. The molecule has 0 saturated carbocycles. The molecule has 0 unspecified atom stereocenters. The summed E-state index contributed by atoms with van der Waals surface area (Å²) in [6.07, 6.45) is 5.08. The summed E-state index contributed by atoms with van der Waals surface area (Å²) in [6.45, 7) is 0.502. The van der Waals surface area contributed by atoms with Gasteiger partial charge in [0.25, 0.3) is 11.5 Å². The third-order valence-electron chi connectivity index (χ3n) is 6.06. The minimum absolute atomic E-state index is 0.0509. The number of benzene rings is 2. The van der Waals surface area contributed by atoms with Gasteiger partial charge in [0.05, 0.1) is 24.4 Å². The van der Waals surface area contributed by atoms with Gasteiger partial charge in [-0.2, -0.15) is 0 Å². The van der Waals surface area contributed by atoms with Crippen LogP contribution in [0.3, 0.4) is 0 Å². The number of rotatable bonds is 6. The van der Waals surface area contributed by atoms with Gasteiger partial charge < -0.3 is 15.4 Å². The molecule has 2 aromatic carbocycles. The largest absolute Gasteiger partial charge is 0.468 e. The maximum Gasteiger partial charge on any atom is 0.325 e. The smallest absolute Gasteiger partial charge is 0.325 e. The molecule has 182 valence electrons. The van der Waals surface area contributed by atoms with Crippen LogP contribution in [0.2, 0.25) is 0 Å². The van der Waals surface area contributed by atoms with E-state index in [1.54, 1.807) is 47.0 Å². The average Bonchev–Trinajstić information content (AvgIpc) is 2.84. The standard InChI is InChI=1S/C26H28N4O5/c1-35-24(32)16-27-23(31)14-17-7-10-19(11-8-17)28-25(33)18-9-12-20-21(15-18)29-22-6-4-2-3-5-13-30(22)26(20)34/h7-12,15H,2-6,13-14,16H2,1H3,(H,27,31)(H,28,33). The number of nitrogens with zero attached hydrogens (tertiary/aromatic N) is 2. The van der Waals surface area contributed by atoms with Gasteiger partial charge in [0.1, 0.15) is 12.4 Å². The molecule has 2 heterocycles. The Morgan fingerprint density at radius 3 is 2.57 bits per heavy atom. The second-order valence-electron chi connectivity index (χ2n) is 8.56. The van der Waals surface area contributed by atoms with E-state index in [4.69, 9.17) is 4.98 Å². The van der Waals surface area contributed by atoms with Crippen molar-refractivity contribution in [1.29, 1.82) is 0 Å². The molecule has 0 fully saturated rings. The van der Waals surface area contributed by atoms with Crippen molar-refractivity contribution >= 4 is 34.4 Å². The van der Waals surface area contributed by atoms with Crippen LogP contribution in [0.4, 0.5) is 5.69 Å². The number of nitrogens with one attached hydrogen (secondary N) is 2. The number of anilines is 1. The van der Waals surface area contributed by atoms with Gasteiger partial charge in [-0.25, -0.2) is 4.98 Å². The van der Waals surface area contributed by atoms with Gasteiger partial charge in [-0.05, 0) is 48.7 Å². The second-order valence-corrected chi connectivity index (χ2v) is 8.56. The number of esters is 1. The van der Waals surface area contributed by atoms with Crippen LogP contribution in [0.25, 0.3) is 10.9 Å². The van der Waals surface area contributed by atoms with Crippen LogP contribution in [0.15, 0.2) is 47.3 Å². The second kappa shape index (κ2) is 10.9. The molecule has 4 rings (SSSR count). The first-order chi connectivity index (χ1) is 16.9. The molecule has 1 aliphatic heterocycles. The van der Waals surface area contributed by atoms with E-state index in [1.165, 1.54) is 7.11 Å². The lowest BCUT2D eigenvalue weighted by Crippen LogP contribution is -2.31. The summed E-state index contributed by atoms with van der Waals surface area (Å²) in [4.78, 5) is 53.6. The number of carbonyl (C=O) groups excluding carboxylic acids is 3. The minimum atomic E-state index is -0.517. The highest BCUT2D eigenvalue weighted by Crippen LogP contribution is 2.18. The lowest BCUT2D eigenvalue weighted by atomic mass is 10.1. The van der Waals surface area contributed by atoms with E-state index in [9.17, 15) is 19.2 Å². The SMILES string of the molecule is COC(=O)CNC(=O)Cc1ccc(NC(=O)c2ccc3c(=O)n4c(nc3c2)CCCCCC4)cc1. The molecule has 3 aromatic rings. The maximum absolute atomic E-state index is 13.0. The Morgan fingerprint density at radius 1 is 1.03 bits per heavy atom.